The fourth-order valence-electron chi connectivity index (χ4n) is 4.79. The quantitative estimate of drug-likeness (QED) is 0.290. The van der Waals surface area contributed by atoms with Crippen LogP contribution >= 0.6 is 11.3 Å². The van der Waals surface area contributed by atoms with Crippen LogP contribution in [0.3, 0.4) is 0 Å². The number of nitrogens with two attached hydrogens (primary N) is 1. The van der Waals surface area contributed by atoms with E-state index in [0.717, 1.165) is 16.1 Å². The summed E-state index contributed by atoms with van der Waals surface area (Å²) in [5.74, 6) is -2.05. The second-order valence-electron chi connectivity index (χ2n) is 12.2. The van der Waals surface area contributed by atoms with Crippen molar-refractivity contribution in [2.45, 2.75) is 99.0 Å². The van der Waals surface area contributed by atoms with Crippen molar-refractivity contribution >= 4 is 35.0 Å². The first-order valence-electron chi connectivity index (χ1n) is 15.1. The Labute approximate surface area is 264 Å². The predicted molar refractivity (Wildman–Crippen MR) is 171 cm³/mol. The lowest BCUT2D eigenvalue weighted by molar-refractivity contribution is -0.148. The number of ether oxygens (including phenoxy) is 1. The van der Waals surface area contributed by atoms with Gasteiger partial charge in [0, 0.05) is 19.9 Å². The highest BCUT2D eigenvalue weighted by molar-refractivity contribution is 7.13. The van der Waals surface area contributed by atoms with Gasteiger partial charge >= 0.3 is 5.97 Å². The van der Waals surface area contributed by atoms with Gasteiger partial charge in [-0.1, -0.05) is 72.7 Å². The fraction of sp³-hybridized carbons (Fsp3) is 0.594. The summed E-state index contributed by atoms with van der Waals surface area (Å²) in [6.45, 7) is 16.1. The maximum absolute atomic E-state index is 13.7. The van der Waals surface area contributed by atoms with E-state index < -0.39 is 53.5 Å². The molecule has 1 aliphatic rings. The van der Waals surface area contributed by atoms with E-state index in [4.69, 9.17) is 10.5 Å². The second-order valence-corrected chi connectivity index (χ2v) is 13.1. The maximum Gasteiger partial charge on any atom is 0.323 e. The number of nitrogens with zero attached hydrogens (tertiary/aromatic N) is 2. The smallest absolute Gasteiger partial charge is 0.323 e. The molecule has 5 N–H and O–H groups in total. The average molecular weight is 632 g/mol. The summed E-state index contributed by atoms with van der Waals surface area (Å²) in [5, 5.41) is 16.1. The molecule has 0 spiro atoms. The molecule has 0 radical (unpaired) electrons. The summed E-state index contributed by atoms with van der Waals surface area (Å²) in [5.41, 5.74) is 9.66. The molecule has 5 unspecified atom stereocenters. The minimum Gasteiger partial charge on any atom is -0.462 e. The molecule has 44 heavy (non-hydrogen) atoms. The molecule has 3 amide bonds. The Bertz CT molecular complexity index is 1270. The Morgan fingerprint density at radius 3 is 2.25 bits per heavy atom. The van der Waals surface area contributed by atoms with Gasteiger partial charge < -0.3 is 31.1 Å². The predicted octanol–water partition coefficient (Wildman–Crippen LogP) is 3.34. The van der Waals surface area contributed by atoms with Crippen molar-refractivity contribution in [1.29, 1.82) is 0 Å². The highest BCUT2D eigenvalue weighted by Gasteiger charge is 2.44. The summed E-state index contributed by atoms with van der Waals surface area (Å²) in [7, 11) is 0. The third-order valence-corrected chi connectivity index (χ3v) is 8.32. The van der Waals surface area contributed by atoms with E-state index in [9.17, 15) is 24.3 Å². The molecule has 1 fully saturated rings. The molecular formula is C32H49N5O6S. The zero-order valence-corrected chi connectivity index (χ0v) is 28.2. The van der Waals surface area contributed by atoms with Gasteiger partial charge in [0.15, 0.2) is 0 Å². The molecule has 2 aromatic rings. The van der Waals surface area contributed by atoms with E-state index in [0.29, 0.717) is 5.56 Å². The zero-order chi connectivity index (χ0) is 33.4. The van der Waals surface area contributed by atoms with E-state index in [1.165, 1.54) is 23.2 Å². The van der Waals surface area contributed by atoms with E-state index in [-0.39, 0.29) is 31.4 Å². The molecule has 0 aliphatic carbocycles. The number of carbonyl (C=O) groups is 4. The van der Waals surface area contributed by atoms with Crippen molar-refractivity contribution in [3.05, 3.63) is 41.0 Å². The van der Waals surface area contributed by atoms with Gasteiger partial charge in [-0.3, -0.25) is 19.2 Å². The maximum atomic E-state index is 13.7. The highest BCUT2D eigenvalue weighted by atomic mass is 32.1. The number of hydrogen-bond acceptors (Lipinski definition) is 9. The second kappa shape index (κ2) is 16.1. The number of aliphatic hydroxyl groups excluding tert-OH is 1. The molecule has 1 aliphatic heterocycles. The minimum atomic E-state index is -0.985. The summed E-state index contributed by atoms with van der Waals surface area (Å²) in [6, 6.07) is 4.05. The molecule has 5 atom stereocenters. The van der Waals surface area contributed by atoms with Crippen molar-refractivity contribution in [2.24, 2.45) is 17.1 Å². The topological polar surface area (TPSA) is 164 Å². The molecule has 11 nitrogen and oxygen atoms in total. The minimum absolute atomic E-state index is 0.0306. The van der Waals surface area contributed by atoms with Crippen LogP contribution in [0.25, 0.3) is 10.4 Å². The monoisotopic (exact) mass is 631 g/mol. The molecular weight excluding hydrogens is 582 g/mol. The molecule has 0 bridgehead atoms. The van der Waals surface area contributed by atoms with Gasteiger partial charge in [0.25, 0.3) is 0 Å². The first kappa shape index (κ1) is 36.8. The Hall–Kier alpha value is -3.35. The van der Waals surface area contributed by atoms with Gasteiger partial charge in [-0.2, -0.15) is 0 Å². The third kappa shape index (κ3) is 9.57. The molecule has 1 saturated heterocycles. The number of aliphatic hydroxyl groups is 1. The van der Waals surface area contributed by atoms with Gasteiger partial charge in [-0.05, 0) is 29.4 Å². The Morgan fingerprint density at radius 1 is 1.14 bits per heavy atom. The fourth-order valence-corrected chi connectivity index (χ4v) is 5.60. The zero-order valence-electron chi connectivity index (χ0n) is 27.3. The van der Waals surface area contributed by atoms with E-state index in [1.807, 2.05) is 79.7 Å². The molecule has 1 aromatic carbocycles. The Morgan fingerprint density at radius 2 is 1.75 bits per heavy atom. The van der Waals surface area contributed by atoms with E-state index >= 15 is 0 Å². The van der Waals surface area contributed by atoms with E-state index in [2.05, 4.69) is 15.6 Å². The van der Waals surface area contributed by atoms with Crippen LogP contribution in [0, 0.1) is 18.3 Å². The number of rotatable bonds is 10. The lowest BCUT2D eigenvalue weighted by Crippen LogP contribution is -2.57. The van der Waals surface area contributed by atoms with Crippen LogP contribution in [0.15, 0.2) is 29.8 Å². The Balaban J connectivity index is 0.00000330. The highest BCUT2D eigenvalue weighted by Crippen LogP contribution is 2.30. The van der Waals surface area contributed by atoms with Gasteiger partial charge in [0.1, 0.15) is 24.7 Å². The number of thiazole rings is 1. The number of carbonyl (C=O) groups excluding carboxylic acids is 4. The van der Waals surface area contributed by atoms with Crippen LogP contribution in [-0.4, -0.2) is 76.1 Å². The van der Waals surface area contributed by atoms with Crippen LogP contribution in [-0.2, 0) is 23.9 Å². The average Bonchev–Trinajstić information content (AvgIpc) is 3.58. The van der Waals surface area contributed by atoms with Gasteiger partial charge in [0.05, 0.1) is 28.2 Å². The van der Waals surface area contributed by atoms with Crippen LogP contribution < -0.4 is 16.4 Å². The first-order valence-corrected chi connectivity index (χ1v) is 16.0. The van der Waals surface area contributed by atoms with Crippen molar-refractivity contribution < 1.29 is 29.0 Å². The van der Waals surface area contributed by atoms with Gasteiger partial charge in [-0.15, -0.1) is 11.3 Å². The molecule has 0 saturated carbocycles. The van der Waals surface area contributed by atoms with E-state index in [1.54, 1.807) is 5.51 Å². The molecule has 3 rings (SSSR count). The van der Waals surface area contributed by atoms with Crippen molar-refractivity contribution in [1.82, 2.24) is 20.5 Å². The number of aromatic nitrogens is 1. The summed E-state index contributed by atoms with van der Waals surface area (Å²) in [4.78, 5) is 58.4. The SMILES string of the molecule is CC.CC(=O)NC(C(=O)N1CC(O)CC1C(=O)NC(COC(=O)C(N)C(C)C)c1ccc(-c2scnc2C)cc1)C(C)(C)C. The summed E-state index contributed by atoms with van der Waals surface area (Å²) >= 11 is 1.52. The lowest BCUT2D eigenvalue weighted by atomic mass is 9.85. The molecule has 1 aromatic heterocycles. The number of benzene rings is 1. The number of likely N-dealkylation sites (tertiary alicyclic amines) is 1. The molecule has 244 valence electrons. The summed E-state index contributed by atoms with van der Waals surface area (Å²) < 4.78 is 5.52. The normalized spacial score (nSPS) is 18.5. The number of aryl methyl sites for hydroxylation is 1. The largest absolute Gasteiger partial charge is 0.462 e. The van der Waals surface area contributed by atoms with Crippen LogP contribution in [0.4, 0.5) is 0 Å². The van der Waals surface area contributed by atoms with Crippen LogP contribution in [0.2, 0.25) is 0 Å². The number of amides is 3. The van der Waals surface area contributed by atoms with Crippen LogP contribution in [0.5, 0.6) is 0 Å². The number of nitrogens with one attached hydrogen (secondary N) is 2. The third-order valence-electron chi connectivity index (χ3n) is 7.35. The van der Waals surface area contributed by atoms with Crippen molar-refractivity contribution in [2.75, 3.05) is 13.2 Å². The molecule has 12 heteroatoms. The number of β-amino-alcohol motifs (C(OH)–C–C–N with tert-alkyl or cyclic N) is 1. The van der Waals surface area contributed by atoms with Crippen molar-refractivity contribution in [3.8, 4) is 10.4 Å². The van der Waals surface area contributed by atoms with Crippen molar-refractivity contribution in [3.63, 3.8) is 0 Å². The summed E-state index contributed by atoms with van der Waals surface area (Å²) in [6.07, 6.45) is -0.882. The first-order chi connectivity index (χ1) is 20.6. The Kier molecular flexibility index (Phi) is 13.5. The van der Waals surface area contributed by atoms with Gasteiger partial charge in [0.2, 0.25) is 17.7 Å². The standard InChI is InChI=1S/C30H43N5O6S.C2H6/c1-16(2)24(31)29(40)41-14-22(19-8-10-20(11-9-19)25-17(3)32-15-42-25)34-27(38)23-12-21(37)13-35(23)28(39)26(30(5,6)7)33-18(4)36;1-2/h8-11,15-16,21-24,26,37H,12-14,31H2,1-7H3,(H,33,36)(H,34,38);1-2H3. The lowest BCUT2D eigenvalue weighted by Gasteiger charge is -2.35. The van der Waals surface area contributed by atoms with Gasteiger partial charge in [-0.25, -0.2) is 4.98 Å². The number of hydrogen-bond donors (Lipinski definition) is 4. The number of esters is 1. The molecule has 2 heterocycles. The van der Waals surface area contributed by atoms with Crippen LogP contribution in [0.1, 0.15) is 79.1 Å².